The fourth-order valence-corrected chi connectivity index (χ4v) is 5.14. The van der Waals surface area contributed by atoms with E-state index >= 15 is 4.39 Å². The number of rotatable bonds is 3. The quantitative estimate of drug-likeness (QED) is 0.370. The summed E-state index contributed by atoms with van der Waals surface area (Å²) in [4.78, 5) is 19.3. The number of hydrogen-bond acceptors (Lipinski definition) is 6. The highest BCUT2D eigenvalue weighted by Crippen LogP contribution is 2.42. The number of fused-ring (bicyclic) bond motifs is 2. The zero-order chi connectivity index (χ0) is 24.2. The normalized spacial score (nSPS) is 15.6. The number of methoxy groups -OCH3 is 1. The number of alkyl halides is 1. The van der Waals surface area contributed by atoms with E-state index in [1.54, 1.807) is 26.3 Å². The number of aromatic nitrogens is 2. The van der Waals surface area contributed by atoms with Crippen LogP contribution in [0.2, 0.25) is 0 Å². The van der Waals surface area contributed by atoms with Crippen molar-refractivity contribution in [2.75, 3.05) is 25.1 Å². The number of ether oxygens (including phenoxy) is 1. The Hall–Kier alpha value is -3.38. The minimum absolute atomic E-state index is 0.0377. The van der Waals surface area contributed by atoms with Gasteiger partial charge in [-0.25, -0.2) is 9.37 Å². The maximum atomic E-state index is 16.0. The molecule has 0 unspecified atom stereocenters. The number of aryl methyl sites for hydroxylation is 2. The number of pyridine rings is 1. The molecule has 1 aliphatic heterocycles. The highest BCUT2D eigenvalue weighted by Gasteiger charge is 2.42. The summed E-state index contributed by atoms with van der Waals surface area (Å²) in [6.45, 7) is 2.55. The third-order valence-electron chi connectivity index (χ3n) is 6.55. The second-order valence-electron chi connectivity index (χ2n) is 8.65. The molecule has 7 nitrogen and oxygen atoms in total. The van der Waals surface area contributed by atoms with Crippen molar-refractivity contribution in [3.05, 3.63) is 62.2 Å². The molecule has 0 amide bonds. The molecule has 5 rings (SSSR count). The molecule has 3 heterocycles. The summed E-state index contributed by atoms with van der Waals surface area (Å²) >= 11 is 3.50. The molecule has 1 aliphatic rings. The van der Waals surface area contributed by atoms with E-state index in [0.29, 0.717) is 45.6 Å². The lowest BCUT2D eigenvalue weighted by Crippen LogP contribution is -2.41. The van der Waals surface area contributed by atoms with Gasteiger partial charge in [0.05, 0.1) is 22.8 Å². The number of anilines is 1. The van der Waals surface area contributed by atoms with Crippen LogP contribution >= 0.6 is 15.9 Å². The van der Waals surface area contributed by atoms with Crippen LogP contribution in [0, 0.1) is 18.3 Å². The molecule has 0 spiro atoms. The Morgan fingerprint density at radius 1 is 1.26 bits per heavy atom. The average molecular weight is 525 g/mol. The Labute approximate surface area is 203 Å². The zero-order valence-electron chi connectivity index (χ0n) is 19.0. The van der Waals surface area contributed by atoms with Gasteiger partial charge in [-0.2, -0.15) is 5.26 Å². The van der Waals surface area contributed by atoms with E-state index in [1.165, 1.54) is 4.57 Å². The number of halogens is 2. The molecule has 9 heteroatoms. The Morgan fingerprint density at radius 3 is 2.68 bits per heavy atom. The molecule has 0 bridgehead atoms. The van der Waals surface area contributed by atoms with Crippen LogP contribution in [-0.2, 0) is 12.7 Å². The summed E-state index contributed by atoms with van der Waals surface area (Å²) in [5.41, 5.74) is 1.27. The molecule has 4 aromatic rings. The van der Waals surface area contributed by atoms with Gasteiger partial charge in [-0.15, -0.1) is 0 Å². The molecule has 0 radical (unpaired) electrons. The van der Waals surface area contributed by atoms with Gasteiger partial charge in [-0.05, 0) is 46.6 Å². The molecule has 2 aromatic heterocycles. The lowest BCUT2D eigenvalue weighted by molar-refractivity contribution is 0.0905. The Kier molecular flexibility index (Phi) is 5.36. The maximum absolute atomic E-state index is 16.0. The third kappa shape index (κ3) is 3.44. The summed E-state index contributed by atoms with van der Waals surface area (Å²) in [6.07, 6.45) is 0.245. The van der Waals surface area contributed by atoms with Crippen molar-refractivity contribution in [3.63, 3.8) is 0 Å². The molecule has 0 saturated carbocycles. The van der Waals surface area contributed by atoms with Gasteiger partial charge in [0.15, 0.2) is 11.3 Å². The van der Waals surface area contributed by atoms with Crippen LogP contribution in [0.25, 0.3) is 22.0 Å². The summed E-state index contributed by atoms with van der Waals surface area (Å²) in [7, 11) is 3.17. The van der Waals surface area contributed by atoms with Crippen LogP contribution in [0.5, 0.6) is 5.75 Å². The van der Waals surface area contributed by atoms with E-state index in [0.717, 1.165) is 10.9 Å². The minimum atomic E-state index is -1.73. The summed E-state index contributed by atoms with van der Waals surface area (Å²) in [6, 6.07) is 11.2. The van der Waals surface area contributed by atoms with Gasteiger partial charge in [0.1, 0.15) is 22.9 Å². The first-order chi connectivity index (χ1) is 16.3. The van der Waals surface area contributed by atoms with Crippen molar-refractivity contribution in [3.8, 4) is 11.8 Å². The van der Waals surface area contributed by atoms with Crippen LogP contribution < -0.4 is 15.2 Å². The van der Waals surface area contributed by atoms with Gasteiger partial charge in [0.2, 0.25) is 5.89 Å². The number of hydrogen-bond donors (Lipinski definition) is 0. The first-order valence-corrected chi connectivity index (χ1v) is 11.7. The molecule has 0 aliphatic carbocycles. The van der Waals surface area contributed by atoms with Gasteiger partial charge in [0, 0.05) is 44.4 Å². The second kappa shape index (κ2) is 8.13. The fraction of sp³-hybridized carbons (Fsp3) is 0.320. The number of nitriles is 1. The molecule has 0 atom stereocenters. The number of oxazole rings is 1. The smallest absolute Gasteiger partial charge is 0.270 e. The standard InChI is InChI=1S/C25H22BrFN4O3/c1-14-4-5-20-18(10-14)29-24(34-20)25(27)6-8-31(9-7-25)22-15-11-17(26)21(33-3)12-19(15)30(2)23(32)16(22)13-28/h4-5,10-12H,6-9H2,1-3H3. The topological polar surface area (TPSA) is 84.3 Å². The predicted octanol–water partition coefficient (Wildman–Crippen LogP) is 5.10. The lowest BCUT2D eigenvalue weighted by Gasteiger charge is -2.36. The van der Waals surface area contributed by atoms with Crippen molar-refractivity contribution in [2.45, 2.75) is 25.4 Å². The molecule has 174 valence electrons. The first-order valence-electron chi connectivity index (χ1n) is 10.9. The van der Waals surface area contributed by atoms with Gasteiger partial charge in [-0.1, -0.05) is 6.07 Å². The van der Waals surface area contributed by atoms with Crippen molar-refractivity contribution < 1.29 is 13.5 Å². The first kappa shape index (κ1) is 22.4. The van der Waals surface area contributed by atoms with E-state index < -0.39 is 11.2 Å². The Balaban J connectivity index is 1.55. The van der Waals surface area contributed by atoms with Crippen LogP contribution in [0.3, 0.4) is 0 Å². The van der Waals surface area contributed by atoms with Gasteiger partial charge in [0.25, 0.3) is 5.56 Å². The number of benzene rings is 2. The number of nitrogens with zero attached hydrogens (tertiary/aromatic N) is 4. The summed E-state index contributed by atoms with van der Waals surface area (Å²) < 4.78 is 29.3. The van der Waals surface area contributed by atoms with Crippen molar-refractivity contribution in [1.29, 1.82) is 5.26 Å². The van der Waals surface area contributed by atoms with Crippen LogP contribution in [0.1, 0.15) is 29.9 Å². The lowest BCUT2D eigenvalue weighted by atomic mass is 9.92. The van der Waals surface area contributed by atoms with Gasteiger partial charge >= 0.3 is 0 Å². The highest BCUT2D eigenvalue weighted by atomic mass is 79.9. The van der Waals surface area contributed by atoms with Crippen LogP contribution in [0.4, 0.5) is 10.1 Å². The Bertz CT molecular complexity index is 1540. The van der Waals surface area contributed by atoms with Crippen molar-refractivity contribution in [2.24, 2.45) is 7.05 Å². The van der Waals surface area contributed by atoms with Crippen molar-refractivity contribution in [1.82, 2.24) is 9.55 Å². The monoisotopic (exact) mass is 524 g/mol. The fourth-order valence-electron chi connectivity index (χ4n) is 4.64. The van der Waals surface area contributed by atoms with E-state index in [2.05, 4.69) is 27.0 Å². The zero-order valence-corrected chi connectivity index (χ0v) is 20.6. The van der Waals surface area contributed by atoms with Crippen LogP contribution in [-0.4, -0.2) is 29.8 Å². The SMILES string of the molecule is COc1cc2c(cc1Br)c(N1CCC(F)(c3nc4cc(C)ccc4o3)CC1)c(C#N)c(=O)n2C. The van der Waals surface area contributed by atoms with Crippen molar-refractivity contribution >= 4 is 43.6 Å². The number of piperidine rings is 1. The van der Waals surface area contributed by atoms with Crippen LogP contribution in [0.15, 0.2) is 44.0 Å². The minimum Gasteiger partial charge on any atom is -0.495 e. The molecule has 0 N–H and O–H groups in total. The average Bonchev–Trinajstić information content (AvgIpc) is 3.26. The summed E-state index contributed by atoms with van der Waals surface area (Å²) in [5, 5.41) is 10.6. The molecule has 1 saturated heterocycles. The van der Waals surface area contributed by atoms with E-state index in [1.807, 2.05) is 30.0 Å². The van der Waals surface area contributed by atoms with Gasteiger partial charge < -0.3 is 18.6 Å². The largest absolute Gasteiger partial charge is 0.495 e. The predicted molar refractivity (Wildman–Crippen MR) is 131 cm³/mol. The van der Waals surface area contributed by atoms with E-state index in [9.17, 15) is 10.1 Å². The molecule has 2 aromatic carbocycles. The summed E-state index contributed by atoms with van der Waals surface area (Å²) in [5.74, 6) is 0.653. The highest BCUT2D eigenvalue weighted by molar-refractivity contribution is 9.10. The second-order valence-corrected chi connectivity index (χ2v) is 9.50. The molecular formula is C25H22BrFN4O3. The molecular weight excluding hydrogens is 503 g/mol. The molecule has 1 fully saturated rings. The van der Waals surface area contributed by atoms with Gasteiger partial charge in [-0.3, -0.25) is 4.79 Å². The Morgan fingerprint density at radius 2 is 2.00 bits per heavy atom. The van der Waals surface area contributed by atoms with E-state index in [4.69, 9.17) is 9.15 Å². The maximum Gasteiger partial charge on any atom is 0.270 e. The van der Waals surface area contributed by atoms with E-state index in [-0.39, 0.29) is 24.3 Å². The third-order valence-corrected chi connectivity index (χ3v) is 7.17. The molecule has 34 heavy (non-hydrogen) atoms.